The Hall–Kier alpha value is -1.40. The molecular formula is C13H15NO4S. The summed E-state index contributed by atoms with van der Waals surface area (Å²) in [5.74, 6) is -1.69. The van der Waals surface area contributed by atoms with Gasteiger partial charge in [-0.25, -0.2) is 0 Å². The first kappa shape index (κ1) is 12.6. The summed E-state index contributed by atoms with van der Waals surface area (Å²) in [6, 6.07) is 2.00. The highest BCUT2D eigenvalue weighted by Gasteiger charge is 2.50. The maximum absolute atomic E-state index is 12.2. The number of hydrogen-bond acceptors (Lipinski definition) is 4. The van der Waals surface area contributed by atoms with Crippen molar-refractivity contribution in [3.05, 3.63) is 22.4 Å². The van der Waals surface area contributed by atoms with E-state index in [9.17, 15) is 9.59 Å². The van der Waals surface area contributed by atoms with E-state index in [4.69, 9.17) is 9.84 Å². The fourth-order valence-corrected chi connectivity index (χ4v) is 3.19. The maximum atomic E-state index is 12.2. The lowest BCUT2D eigenvalue weighted by atomic mass is 10.1. The average molecular weight is 281 g/mol. The van der Waals surface area contributed by atoms with E-state index in [1.165, 1.54) is 0 Å². The fourth-order valence-electron chi connectivity index (χ4n) is 2.48. The van der Waals surface area contributed by atoms with Crippen LogP contribution in [0.4, 0.5) is 0 Å². The summed E-state index contributed by atoms with van der Waals surface area (Å²) < 4.78 is 5.67. The number of amides is 1. The molecule has 1 saturated heterocycles. The summed E-state index contributed by atoms with van der Waals surface area (Å²) in [6.07, 6.45) is 0.403. The molecule has 1 aliphatic heterocycles. The number of thiophene rings is 1. The van der Waals surface area contributed by atoms with Gasteiger partial charge in [-0.05, 0) is 28.8 Å². The molecule has 5 nitrogen and oxygen atoms in total. The first-order valence-electron chi connectivity index (χ1n) is 6.32. The van der Waals surface area contributed by atoms with Crippen LogP contribution in [0.25, 0.3) is 0 Å². The number of nitrogens with zero attached hydrogens (tertiary/aromatic N) is 1. The van der Waals surface area contributed by atoms with E-state index in [2.05, 4.69) is 0 Å². The second-order valence-corrected chi connectivity index (χ2v) is 5.77. The zero-order valence-electron chi connectivity index (χ0n) is 10.3. The average Bonchev–Trinajstić information content (AvgIpc) is 3.04. The van der Waals surface area contributed by atoms with Crippen molar-refractivity contribution in [2.45, 2.75) is 12.5 Å². The molecule has 0 spiro atoms. The van der Waals surface area contributed by atoms with Gasteiger partial charge in [-0.2, -0.15) is 11.3 Å². The van der Waals surface area contributed by atoms with Crippen molar-refractivity contribution in [3.63, 3.8) is 0 Å². The molecule has 2 fully saturated rings. The van der Waals surface area contributed by atoms with Gasteiger partial charge in [-0.1, -0.05) is 0 Å². The van der Waals surface area contributed by atoms with Crippen molar-refractivity contribution in [2.24, 2.45) is 11.8 Å². The van der Waals surface area contributed by atoms with Crippen molar-refractivity contribution < 1.29 is 19.4 Å². The first-order chi connectivity index (χ1) is 9.16. The Morgan fingerprint density at radius 3 is 2.89 bits per heavy atom. The number of ether oxygens (including phenoxy) is 1. The summed E-state index contributed by atoms with van der Waals surface area (Å²) >= 11 is 1.60. The second-order valence-electron chi connectivity index (χ2n) is 4.99. The van der Waals surface area contributed by atoms with Crippen LogP contribution < -0.4 is 0 Å². The van der Waals surface area contributed by atoms with E-state index in [0.717, 1.165) is 5.56 Å². The molecule has 1 aromatic heterocycles. The molecule has 0 aromatic carbocycles. The number of morpholine rings is 1. The predicted octanol–water partition coefficient (Wildman–Crippen LogP) is 1.37. The zero-order chi connectivity index (χ0) is 13.4. The molecule has 19 heavy (non-hydrogen) atoms. The van der Waals surface area contributed by atoms with Crippen molar-refractivity contribution in [2.75, 3.05) is 19.7 Å². The Morgan fingerprint density at radius 2 is 2.26 bits per heavy atom. The van der Waals surface area contributed by atoms with Crippen LogP contribution in [0.5, 0.6) is 0 Å². The largest absolute Gasteiger partial charge is 0.481 e. The summed E-state index contributed by atoms with van der Waals surface area (Å²) in [4.78, 5) is 24.8. The van der Waals surface area contributed by atoms with Crippen molar-refractivity contribution in [3.8, 4) is 0 Å². The minimum absolute atomic E-state index is 0.0315. The van der Waals surface area contributed by atoms with Gasteiger partial charge in [0.25, 0.3) is 0 Å². The number of rotatable bonds is 3. The Kier molecular flexibility index (Phi) is 3.28. The highest BCUT2D eigenvalue weighted by Crippen LogP contribution is 2.40. The van der Waals surface area contributed by atoms with Gasteiger partial charge >= 0.3 is 5.97 Å². The minimum Gasteiger partial charge on any atom is -0.481 e. The van der Waals surface area contributed by atoms with Crippen molar-refractivity contribution >= 4 is 23.2 Å². The third-order valence-corrected chi connectivity index (χ3v) is 4.42. The van der Waals surface area contributed by atoms with E-state index >= 15 is 0 Å². The smallest absolute Gasteiger partial charge is 0.307 e. The Morgan fingerprint density at radius 1 is 1.42 bits per heavy atom. The van der Waals surface area contributed by atoms with Crippen LogP contribution in [-0.4, -0.2) is 41.6 Å². The molecule has 102 valence electrons. The first-order valence-corrected chi connectivity index (χ1v) is 7.26. The van der Waals surface area contributed by atoms with Crippen LogP contribution in [0.15, 0.2) is 16.8 Å². The predicted molar refractivity (Wildman–Crippen MR) is 68.8 cm³/mol. The summed E-state index contributed by atoms with van der Waals surface area (Å²) in [7, 11) is 0. The van der Waals surface area contributed by atoms with E-state index in [-0.39, 0.29) is 17.9 Å². The lowest BCUT2D eigenvalue weighted by Gasteiger charge is -2.33. The molecule has 2 aliphatic rings. The fraction of sp³-hybridized carbons (Fsp3) is 0.538. The summed E-state index contributed by atoms with van der Waals surface area (Å²) in [5.41, 5.74) is 1.09. The van der Waals surface area contributed by atoms with Crippen LogP contribution >= 0.6 is 11.3 Å². The normalized spacial score (nSPS) is 30.1. The minimum atomic E-state index is -0.860. The van der Waals surface area contributed by atoms with Gasteiger partial charge in [0.05, 0.1) is 25.0 Å². The molecule has 0 radical (unpaired) electrons. The SMILES string of the molecule is O=C(O)C1CC1C(=O)N1CCOC(c2ccsc2)C1. The molecule has 3 rings (SSSR count). The number of carbonyl (C=O) groups excluding carboxylic acids is 1. The number of hydrogen-bond donors (Lipinski definition) is 1. The van der Waals surface area contributed by atoms with E-state index in [1.54, 1.807) is 16.2 Å². The second kappa shape index (κ2) is 4.94. The van der Waals surface area contributed by atoms with E-state index < -0.39 is 11.9 Å². The van der Waals surface area contributed by atoms with E-state index in [0.29, 0.717) is 26.1 Å². The molecule has 1 aromatic rings. The van der Waals surface area contributed by atoms with Gasteiger partial charge < -0.3 is 14.7 Å². The molecule has 1 saturated carbocycles. The summed E-state index contributed by atoms with van der Waals surface area (Å²) in [6.45, 7) is 1.59. The van der Waals surface area contributed by atoms with Crippen molar-refractivity contribution in [1.82, 2.24) is 4.90 Å². The molecule has 3 atom stereocenters. The Bertz CT molecular complexity index is 487. The van der Waals surface area contributed by atoms with Crippen molar-refractivity contribution in [1.29, 1.82) is 0 Å². The highest BCUT2D eigenvalue weighted by atomic mass is 32.1. The number of aliphatic carboxylic acids is 1. The molecular weight excluding hydrogens is 266 g/mol. The number of carboxylic acid groups (broad SMARTS) is 1. The third kappa shape index (κ3) is 2.50. The molecule has 6 heteroatoms. The topological polar surface area (TPSA) is 66.8 Å². The van der Waals surface area contributed by atoms with Crippen LogP contribution in [0, 0.1) is 11.8 Å². The lowest BCUT2D eigenvalue weighted by molar-refractivity contribution is -0.145. The Labute approximate surface area is 114 Å². The number of carbonyl (C=O) groups is 2. The molecule has 2 heterocycles. The van der Waals surface area contributed by atoms with Gasteiger partial charge in [0.2, 0.25) is 5.91 Å². The number of carboxylic acids is 1. The van der Waals surface area contributed by atoms with Crippen LogP contribution in [0.2, 0.25) is 0 Å². The van der Waals surface area contributed by atoms with Crippen LogP contribution in [0.1, 0.15) is 18.1 Å². The molecule has 0 bridgehead atoms. The quantitative estimate of drug-likeness (QED) is 0.908. The third-order valence-electron chi connectivity index (χ3n) is 3.72. The molecule has 1 aliphatic carbocycles. The maximum Gasteiger partial charge on any atom is 0.307 e. The molecule has 3 unspecified atom stereocenters. The molecule has 1 amide bonds. The zero-order valence-corrected chi connectivity index (χ0v) is 11.1. The van der Waals surface area contributed by atoms with Crippen LogP contribution in [0.3, 0.4) is 0 Å². The lowest BCUT2D eigenvalue weighted by Crippen LogP contribution is -2.43. The van der Waals surface area contributed by atoms with Gasteiger partial charge in [0, 0.05) is 6.54 Å². The molecule has 1 N–H and O–H groups in total. The highest BCUT2D eigenvalue weighted by molar-refractivity contribution is 7.07. The van der Waals surface area contributed by atoms with Gasteiger partial charge in [0.15, 0.2) is 0 Å². The van der Waals surface area contributed by atoms with Gasteiger partial charge in [0.1, 0.15) is 6.10 Å². The standard InChI is InChI=1S/C13H15NO4S/c15-12(9-5-10(9)13(16)17)14-2-3-18-11(6-14)8-1-4-19-7-8/h1,4,7,9-11H,2-3,5-6H2,(H,16,17). The van der Waals surface area contributed by atoms with E-state index in [1.807, 2.05) is 16.8 Å². The van der Waals surface area contributed by atoms with Gasteiger partial charge in [-0.15, -0.1) is 0 Å². The summed E-state index contributed by atoms with van der Waals surface area (Å²) in [5, 5.41) is 12.9. The van der Waals surface area contributed by atoms with Crippen LogP contribution in [-0.2, 0) is 14.3 Å². The van der Waals surface area contributed by atoms with Gasteiger partial charge in [-0.3, -0.25) is 9.59 Å². The Balaban J connectivity index is 1.63. The monoisotopic (exact) mass is 281 g/mol.